The van der Waals surface area contributed by atoms with E-state index in [0.29, 0.717) is 11.9 Å². The van der Waals surface area contributed by atoms with Crippen molar-refractivity contribution in [3.8, 4) is 11.6 Å². The Balaban J connectivity index is 1.39. The van der Waals surface area contributed by atoms with E-state index in [-0.39, 0.29) is 18.1 Å². The van der Waals surface area contributed by atoms with Gasteiger partial charge in [0.15, 0.2) is 5.69 Å². The number of benzene rings is 3. The van der Waals surface area contributed by atoms with E-state index in [1.807, 2.05) is 66.7 Å². The van der Waals surface area contributed by atoms with Gasteiger partial charge in [-0.05, 0) is 41.8 Å². The van der Waals surface area contributed by atoms with Crippen molar-refractivity contribution < 1.29 is 19.4 Å². The van der Waals surface area contributed by atoms with Crippen molar-refractivity contribution in [3.63, 3.8) is 0 Å². The summed E-state index contributed by atoms with van der Waals surface area (Å²) in [7, 11) is 1.58. The van der Waals surface area contributed by atoms with Gasteiger partial charge in [-0.25, -0.2) is 0 Å². The average molecular weight is 483 g/mol. The first kappa shape index (κ1) is 24.4. The molecule has 8 nitrogen and oxygen atoms in total. The molecule has 0 fully saturated rings. The Morgan fingerprint density at radius 2 is 1.72 bits per heavy atom. The number of carbonyl (C=O) groups excluding carboxylic acids is 2. The van der Waals surface area contributed by atoms with Gasteiger partial charge in [-0.3, -0.25) is 9.59 Å². The van der Waals surface area contributed by atoms with Crippen molar-refractivity contribution in [2.45, 2.75) is 13.0 Å². The Labute approximate surface area is 208 Å². The Bertz CT molecular complexity index is 1410. The Morgan fingerprint density at radius 1 is 1.00 bits per heavy atom. The standard InChI is InChI=1S/C28H26N4O4/c1-36-22-14-11-21(12-15-22)13-16-25(33)29-19-26(34)30-31-27-23-9-5-6-10-24(23)32(28(27)35)18-17-20-7-3-2-4-8-20/h2-16,35H,17-19H2,1H3,(H,29,33)/b16-13-,31-30?. The summed E-state index contributed by atoms with van der Waals surface area (Å²) in [4.78, 5) is 24.3. The van der Waals surface area contributed by atoms with Gasteiger partial charge in [0.05, 0.1) is 12.6 Å². The van der Waals surface area contributed by atoms with Crippen LogP contribution in [-0.4, -0.2) is 35.1 Å². The average Bonchev–Trinajstić information content (AvgIpc) is 3.19. The van der Waals surface area contributed by atoms with Gasteiger partial charge >= 0.3 is 0 Å². The largest absolute Gasteiger partial charge is 0.497 e. The molecular formula is C28H26N4O4. The van der Waals surface area contributed by atoms with Gasteiger partial charge in [0, 0.05) is 18.0 Å². The SMILES string of the molecule is COc1ccc(/C=C\C(=O)NCC(=O)N=Nc2c(O)n(CCc3ccccc3)c3ccccc23)cc1. The van der Waals surface area contributed by atoms with Crippen LogP contribution in [0.25, 0.3) is 17.0 Å². The Hall–Kier alpha value is -4.72. The number of methoxy groups -OCH3 is 1. The molecule has 0 aliphatic rings. The van der Waals surface area contributed by atoms with Crippen molar-refractivity contribution in [2.75, 3.05) is 13.7 Å². The van der Waals surface area contributed by atoms with Gasteiger partial charge in [0.25, 0.3) is 5.91 Å². The smallest absolute Gasteiger partial charge is 0.283 e. The molecule has 0 aliphatic heterocycles. The quantitative estimate of drug-likeness (QED) is 0.258. The number of aromatic hydroxyl groups is 1. The fourth-order valence-corrected chi connectivity index (χ4v) is 3.73. The number of amides is 2. The molecule has 0 bridgehead atoms. The molecule has 0 unspecified atom stereocenters. The molecule has 0 radical (unpaired) electrons. The zero-order valence-corrected chi connectivity index (χ0v) is 19.8. The van der Waals surface area contributed by atoms with E-state index >= 15 is 0 Å². The number of fused-ring (bicyclic) bond motifs is 1. The number of ether oxygens (including phenoxy) is 1. The number of nitrogens with zero attached hydrogens (tertiary/aromatic N) is 3. The molecule has 3 aromatic carbocycles. The minimum absolute atomic E-state index is 0.0601. The third kappa shape index (κ3) is 6.04. The third-order valence-electron chi connectivity index (χ3n) is 5.60. The maximum absolute atomic E-state index is 12.2. The van der Waals surface area contributed by atoms with Crippen molar-refractivity contribution >= 4 is 34.5 Å². The number of rotatable bonds is 9. The molecule has 0 aliphatic carbocycles. The number of aromatic nitrogens is 1. The first-order valence-electron chi connectivity index (χ1n) is 11.4. The molecule has 2 N–H and O–H groups in total. The summed E-state index contributed by atoms with van der Waals surface area (Å²) in [6, 6.07) is 24.6. The summed E-state index contributed by atoms with van der Waals surface area (Å²) in [5.41, 5.74) is 2.97. The number of nitrogens with one attached hydrogen (secondary N) is 1. The van der Waals surface area contributed by atoms with Crippen LogP contribution >= 0.6 is 0 Å². The highest BCUT2D eigenvalue weighted by atomic mass is 16.5. The van der Waals surface area contributed by atoms with Gasteiger partial charge < -0.3 is 19.7 Å². The topological polar surface area (TPSA) is 105 Å². The first-order chi connectivity index (χ1) is 17.5. The number of hydrogen-bond acceptors (Lipinski definition) is 5. The summed E-state index contributed by atoms with van der Waals surface area (Å²) >= 11 is 0. The van der Waals surface area contributed by atoms with Crippen LogP contribution in [0, 0.1) is 0 Å². The molecule has 36 heavy (non-hydrogen) atoms. The van der Waals surface area contributed by atoms with Gasteiger partial charge in [-0.15, -0.1) is 10.2 Å². The van der Waals surface area contributed by atoms with E-state index in [0.717, 1.165) is 28.8 Å². The summed E-state index contributed by atoms with van der Waals surface area (Å²) in [5.74, 6) is -0.413. The lowest BCUT2D eigenvalue weighted by molar-refractivity contribution is -0.122. The van der Waals surface area contributed by atoms with Gasteiger partial charge in [-0.2, -0.15) is 0 Å². The van der Waals surface area contributed by atoms with Gasteiger partial charge in [0.1, 0.15) is 12.3 Å². The van der Waals surface area contributed by atoms with Gasteiger partial charge in [-0.1, -0.05) is 60.7 Å². The number of carbonyl (C=O) groups is 2. The van der Waals surface area contributed by atoms with E-state index in [4.69, 9.17) is 4.74 Å². The predicted octanol–water partition coefficient (Wildman–Crippen LogP) is 5.04. The second-order valence-corrected chi connectivity index (χ2v) is 7.99. The monoisotopic (exact) mass is 482 g/mol. The summed E-state index contributed by atoms with van der Waals surface area (Å²) in [6.07, 6.45) is 3.68. The second kappa shape index (κ2) is 11.6. The van der Waals surface area contributed by atoms with Crippen molar-refractivity contribution in [3.05, 3.63) is 96.1 Å². The van der Waals surface area contributed by atoms with Crippen LogP contribution in [0.3, 0.4) is 0 Å². The zero-order valence-electron chi connectivity index (χ0n) is 19.8. The van der Waals surface area contributed by atoms with E-state index < -0.39 is 11.8 Å². The van der Waals surface area contributed by atoms with Crippen molar-refractivity contribution in [2.24, 2.45) is 10.2 Å². The molecule has 8 heteroatoms. The second-order valence-electron chi connectivity index (χ2n) is 7.99. The lowest BCUT2D eigenvalue weighted by Gasteiger charge is -2.07. The van der Waals surface area contributed by atoms with Crippen LogP contribution in [0.5, 0.6) is 11.6 Å². The van der Waals surface area contributed by atoms with E-state index in [1.54, 1.807) is 29.9 Å². The normalized spacial score (nSPS) is 11.4. The van der Waals surface area contributed by atoms with Crippen molar-refractivity contribution in [1.82, 2.24) is 9.88 Å². The number of aryl methyl sites for hydroxylation is 2. The highest BCUT2D eigenvalue weighted by Crippen LogP contribution is 2.38. The molecular weight excluding hydrogens is 456 g/mol. The third-order valence-corrected chi connectivity index (χ3v) is 5.60. The van der Waals surface area contributed by atoms with Crippen LogP contribution in [0.15, 0.2) is 95.2 Å². The minimum Gasteiger partial charge on any atom is -0.497 e. The highest BCUT2D eigenvalue weighted by Gasteiger charge is 2.16. The summed E-state index contributed by atoms with van der Waals surface area (Å²) in [5, 5.41) is 21.7. The first-order valence-corrected chi connectivity index (χ1v) is 11.4. The lowest BCUT2D eigenvalue weighted by atomic mass is 10.1. The van der Waals surface area contributed by atoms with Crippen LogP contribution in [0.2, 0.25) is 0 Å². The molecule has 0 atom stereocenters. The van der Waals surface area contributed by atoms with Crippen LogP contribution < -0.4 is 10.1 Å². The maximum atomic E-state index is 12.2. The van der Waals surface area contributed by atoms with Crippen LogP contribution in [0.4, 0.5) is 5.69 Å². The lowest BCUT2D eigenvalue weighted by Crippen LogP contribution is -2.26. The fraction of sp³-hybridized carbons (Fsp3) is 0.143. The molecule has 4 rings (SSSR count). The van der Waals surface area contributed by atoms with Crippen LogP contribution in [-0.2, 0) is 22.6 Å². The van der Waals surface area contributed by atoms with E-state index in [2.05, 4.69) is 15.5 Å². The molecule has 1 heterocycles. The molecule has 4 aromatic rings. The Morgan fingerprint density at radius 3 is 2.47 bits per heavy atom. The molecule has 0 saturated heterocycles. The van der Waals surface area contributed by atoms with Crippen LogP contribution in [0.1, 0.15) is 11.1 Å². The van der Waals surface area contributed by atoms with E-state index in [9.17, 15) is 14.7 Å². The fourth-order valence-electron chi connectivity index (χ4n) is 3.73. The molecule has 0 spiro atoms. The van der Waals surface area contributed by atoms with Crippen molar-refractivity contribution in [1.29, 1.82) is 0 Å². The van der Waals surface area contributed by atoms with Gasteiger partial charge in [0.2, 0.25) is 11.8 Å². The number of para-hydroxylation sites is 1. The van der Waals surface area contributed by atoms with E-state index in [1.165, 1.54) is 6.08 Å². The zero-order chi connectivity index (χ0) is 25.3. The molecule has 1 aromatic heterocycles. The Kier molecular flexibility index (Phi) is 7.87. The number of azo groups is 1. The summed E-state index contributed by atoms with van der Waals surface area (Å²) < 4.78 is 6.86. The predicted molar refractivity (Wildman–Crippen MR) is 138 cm³/mol. The molecule has 2 amide bonds. The maximum Gasteiger partial charge on any atom is 0.283 e. The summed E-state index contributed by atoms with van der Waals surface area (Å²) in [6.45, 7) is 0.221. The molecule has 182 valence electrons. The number of hydrogen-bond donors (Lipinski definition) is 2. The molecule has 0 saturated carbocycles. The highest BCUT2D eigenvalue weighted by molar-refractivity contribution is 5.96. The minimum atomic E-state index is -0.637.